The Morgan fingerprint density at radius 3 is 2.90 bits per heavy atom. The second-order valence-electron chi connectivity index (χ2n) is 5.79. The minimum absolute atomic E-state index is 0.192. The summed E-state index contributed by atoms with van der Waals surface area (Å²) in [5.41, 5.74) is 2.26. The number of rotatable bonds is 4. The second kappa shape index (κ2) is 5.99. The smallest absolute Gasteiger partial charge is 0.122 e. The van der Waals surface area contributed by atoms with Gasteiger partial charge in [-0.2, -0.15) is 5.10 Å². The summed E-state index contributed by atoms with van der Waals surface area (Å²) in [6.07, 6.45) is 4.03. The molecule has 0 radical (unpaired) electrons. The van der Waals surface area contributed by atoms with Gasteiger partial charge in [0, 0.05) is 38.2 Å². The Bertz CT molecular complexity index is 603. The Labute approximate surface area is 125 Å². The topological polar surface area (TPSA) is 48.1 Å². The maximum atomic E-state index is 5.90. The van der Waals surface area contributed by atoms with Crippen LogP contribution >= 0.6 is 0 Å². The molecule has 21 heavy (non-hydrogen) atoms. The van der Waals surface area contributed by atoms with Crippen LogP contribution in [0.5, 0.6) is 0 Å². The molecule has 1 atom stereocenters. The van der Waals surface area contributed by atoms with E-state index in [1.807, 2.05) is 31.0 Å². The molecular formula is C15H23N5O. The lowest BCUT2D eigenvalue weighted by molar-refractivity contribution is -0.0413. The predicted octanol–water partition coefficient (Wildman–Crippen LogP) is 1.13. The van der Waals surface area contributed by atoms with Crippen LogP contribution in [0.4, 0.5) is 0 Å². The zero-order valence-electron chi connectivity index (χ0n) is 13.0. The van der Waals surface area contributed by atoms with E-state index in [4.69, 9.17) is 4.74 Å². The number of hydrogen-bond donors (Lipinski definition) is 0. The molecule has 0 N–H and O–H groups in total. The number of morpholine rings is 1. The van der Waals surface area contributed by atoms with Crippen molar-refractivity contribution in [2.45, 2.75) is 33.0 Å². The highest BCUT2D eigenvalue weighted by Gasteiger charge is 2.22. The molecule has 1 saturated heterocycles. The number of aryl methyl sites for hydroxylation is 3. The van der Waals surface area contributed by atoms with E-state index in [1.165, 1.54) is 5.69 Å². The molecule has 0 amide bonds. The minimum Gasteiger partial charge on any atom is -0.374 e. The third-order valence-corrected chi connectivity index (χ3v) is 3.99. The molecule has 1 aliphatic heterocycles. The van der Waals surface area contributed by atoms with Crippen molar-refractivity contribution in [2.24, 2.45) is 7.05 Å². The Kier molecular flexibility index (Phi) is 4.07. The fraction of sp³-hybridized carbons (Fsp3) is 0.600. The summed E-state index contributed by atoms with van der Waals surface area (Å²) < 4.78 is 10.0. The number of hydrogen-bond acceptors (Lipinski definition) is 4. The molecule has 0 bridgehead atoms. The molecule has 3 heterocycles. The highest BCUT2D eigenvalue weighted by atomic mass is 16.5. The fourth-order valence-electron chi connectivity index (χ4n) is 2.84. The van der Waals surface area contributed by atoms with Crippen LogP contribution < -0.4 is 0 Å². The maximum Gasteiger partial charge on any atom is 0.122 e. The van der Waals surface area contributed by atoms with Crippen molar-refractivity contribution in [3.63, 3.8) is 0 Å². The van der Waals surface area contributed by atoms with Crippen LogP contribution in [-0.2, 0) is 24.9 Å². The van der Waals surface area contributed by atoms with Crippen LogP contribution in [0.1, 0.15) is 17.2 Å². The van der Waals surface area contributed by atoms with E-state index in [2.05, 4.69) is 32.5 Å². The Hall–Kier alpha value is -1.66. The first-order valence-corrected chi connectivity index (χ1v) is 7.43. The zero-order valence-corrected chi connectivity index (χ0v) is 13.0. The van der Waals surface area contributed by atoms with Crippen molar-refractivity contribution in [1.82, 2.24) is 24.2 Å². The van der Waals surface area contributed by atoms with E-state index in [0.29, 0.717) is 0 Å². The molecule has 3 rings (SSSR count). The molecule has 6 nitrogen and oxygen atoms in total. The van der Waals surface area contributed by atoms with E-state index in [0.717, 1.165) is 44.3 Å². The lowest BCUT2D eigenvalue weighted by Crippen LogP contribution is -2.44. The molecule has 0 unspecified atom stereocenters. The van der Waals surface area contributed by atoms with Gasteiger partial charge in [-0.05, 0) is 19.9 Å². The van der Waals surface area contributed by atoms with Gasteiger partial charge >= 0.3 is 0 Å². The third kappa shape index (κ3) is 3.33. The lowest BCUT2D eigenvalue weighted by Gasteiger charge is -2.32. The fourth-order valence-corrected chi connectivity index (χ4v) is 2.84. The average Bonchev–Trinajstić information content (AvgIpc) is 2.97. The highest BCUT2D eigenvalue weighted by molar-refractivity contribution is 5.06. The van der Waals surface area contributed by atoms with Crippen molar-refractivity contribution >= 4 is 0 Å². The second-order valence-corrected chi connectivity index (χ2v) is 5.79. The van der Waals surface area contributed by atoms with Gasteiger partial charge in [-0.25, -0.2) is 4.98 Å². The van der Waals surface area contributed by atoms with Gasteiger partial charge < -0.3 is 9.30 Å². The summed E-state index contributed by atoms with van der Waals surface area (Å²) in [6.45, 7) is 8.46. The highest BCUT2D eigenvalue weighted by Crippen LogP contribution is 2.12. The molecule has 114 valence electrons. The molecule has 1 aliphatic rings. The normalized spacial score (nSPS) is 20.0. The molecule has 1 fully saturated rings. The van der Waals surface area contributed by atoms with Gasteiger partial charge in [0.05, 0.1) is 31.5 Å². The van der Waals surface area contributed by atoms with Crippen LogP contribution in [0.25, 0.3) is 0 Å². The van der Waals surface area contributed by atoms with Gasteiger partial charge in [0.15, 0.2) is 0 Å². The SMILES string of the molecule is Cc1cc(C)n(C[C@@H]2CN(Cc3nccn3C)CCO2)n1. The van der Waals surface area contributed by atoms with Crippen molar-refractivity contribution in [3.8, 4) is 0 Å². The Morgan fingerprint density at radius 2 is 2.24 bits per heavy atom. The Morgan fingerprint density at radius 1 is 1.38 bits per heavy atom. The third-order valence-electron chi connectivity index (χ3n) is 3.99. The molecule has 0 aliphatic carbocycles. The summed E-state index contributed by atoms with van der Waals surface area (Å²) in [4.78, 5) is 6.80. The summed E-state index contributed by atoms with van der Waals surface area (Å²) >= 11 is 0. The zero-order chi connectivity index (χ0) is 14.8. The first-order chi connectivity index (χ1) is 10.1. The van der Waals surface area contributed by atoms with Crippen LogP contribution in [0, 0.1) is 13.8 Å². The van der Waals surface area contributed by atoms with E-state index in [1.54, 1.807) is 0 Å². The van der Waals surface area contributed by atoms with E-state index >= 15 is 0 Å². The van der Waals surface area contributed by atoms with E-state index < -0.39 is 0 Å². The predicted molar refractivity (Wildman–Crippen MR) is 79.9 cm³/mol. The average molecular weight is 289 g/mol. The molecule has 6 heteroatoms. The molecular weight excluding hydrogens is 266 g/mol. The van der Waals surface area contributed by atoms with Crippen molar-refractivity contribution < 1.29 is 4.74 Å². The standard InChI is InChI=1S/C15H23N5O/c1-12-8-13(2)20(17-12)10-14-9-19(6-7-21-14)11-15-16-4-5-18(15)3/h4-5,8,14H,6-7,9-11H2,1-3H3/t14-/m0/s1. The summed E-state index contributed by atoms with van der Waals surface area (Å²) in [7, 11) is 2.04. The first-order valence-electron chi connectivity index (χ1n) is 7.43. The van der Waals surface area contributed by atoms with Gasteiger partial charge in [0.1, 0.15) is 5.82 Å². The number of imidazole rings is 1. The van der Waals surface area contributed by atoms with Gasteiger partial charge in [-0.3, -0.25) is 9.58 Å². The van der Waals surface area contributed by atoms with Crippen LogP contribution in [0.15, 0.2) is 18.5 Å². The number of ether oxygens (including phenoxy) is 1. The van der Waals surface area contributed by atoms with Crippen LogP contribution in [0.2, 0.25) is 0 Å². The van der Waals surface area contributed by atoms with Crippen molar-refractivity contribution in [2.75, 3.05) is 19.7 Å². The lowest BCUT2D eigenvalue weighted by atomic mass is 10.2. The van der Waals surface area contributed by atoms with Gasteiger partial charge in [0.25, 0.3) is 0 Å². The molecule has 0 aromatic carbocycles. The molecule has 0 saturated carbocycles. The minimum atomic E-state index is 0.192. The van der Waals surface area contributed by atoms with Crippen molar-refractivity contribution in [3.05, 3.63) is 35.7 Å². The Balaban J connectivity index is 1.60. The van der Waals surface area contributed by atoms with Crippen LogP contribution in [-0.4, -0.2) is 50.0 Å². The van der Waals surface area contributed by atoms with Gasteiger partial charge in [-0.15, -0.1) is 0 Å². The van der Waals surface area contributed by atoms with Crippen LogP contribution in [0.3, 0.4) is 0 Å². The molecule has 0 spiro atoms. The number of nitrogens with zero attached hydrogens (tertiary/aromatic N) is 5. The maximum absolute atomic E-state index is 5.90. The molecule has 2 aromatic rings. The molecule has 2 aromatic heterocycles. The monoisotopic (exact) mass is 289 g/mol. The van der Waals surface area contributed by atoms with E-state index in [-0.39, 0.29) is 6.10 Å². The van der Waals surface area contributed by atoms with Gasteiger partial charge in [0.2, 0.25) is 0 Å². The van der Waals surface area contributed by atoms with Gasteiger partial charge in [-0.1, -0.05) is 0 Å². The summed E-state index contributed by atoms with van der Waals surface area (Å²) in [6, 6.07) is 2.11. The quantitative estimate of drug-likeness (QED) is 0.847. The first kappa shape index (κ1) is 14.3. The van der Waals surface area contributed by atoms with Crippen molar-refractivity contribution in [1.29, 1.82) is 0 Å². The summed E-state index contributed by atoms with van der Waals surface area (Å²) in [5.74, 6) is 1.10. The number of aromatic nitrogens is 4. The van der Waals surface area contributed by atoms with E-state index in [9.17, 15) is 0 Å². The largest absolute Gasteiger partial charge is 0.374 e. The summed E-state index contributed by atoms with van der Waals surface area (Å²) in [5, 5.41) is 4.52.